The maximum Gasteiger partial charge on any atom is 0.408 e. The van der Waals surface area contributed by atoms with Crippen LogP contribution in [0, 0.1) is 11.8 Å². The number of carbonyl (C=O) groups is 2. The van der Waals surface area contributed by atoms with Crippen molar-refractivity contribution in [1.29, 1.82) is 0 Å². The zero-order valence-corrected chi connectivity index (χ0v) is 23.0. The van der Waals surface area contributed by atoms with Crippen molar-refractivity contribution in [3.8, 4) is 0 Å². The summed E-state index contributed by atoms with van der Waals surface area (Å²) in [6, 6.07) is 0.947. The molecule has 2 fully saturated rings. The van der Waals surface area contributed by atoms with E-state index >= 15 is 0 Å². The second-order valence-corrected chi connectivity index (χ2v) is 11.4. The van der Waals surface area contributed by atoms with Crippen LogP contribution in [-0.4, -0.2) is 59.5 Å². The third-order valence-corrected chi connectivity index (χ3v) is 7.83. The van der Waals surface area contributed by atoms with Crippen LogP contribution in [0.25, 0.3) is 5.65 Å². The first-order valence-corrected chi connectivity index (χ1v) is 13.9. The zero-order valence-electron chi connectivity index (χ0n) is 23.0. The molecule has 10 nitrogen and oxygen atoms in total. The van der Waals surface area contributed by atoms with Gasteiger partial charge in [0.05, 0.1) is 36.5 Å². The van der Waals surface area contributed by atoms with Crippen molar-refractivity contribution >= 4 is 17.5 Å². The quantitative estimate of drug-likeness (QED) is 0.306. The van der Waals surface area contributed by atoms with Crippen molar-refractivity contribution in [2.45, 2.75) is 88.1 Å². The third-order valence-electron chi connectivity index (χ3n) is 7.83. The van der Waals surface area contributed by atoms with Gasteiger partial charge in [-0.2, -0.15) is 36.5 Å². The minimum atomic E-state index is -4.76. The summed E-state index contributed by atoms with van der Waals surface area (Å²) in [6.45, 7) is -1.65. The molecular formula is C26H28F8N8O2. The number of carbonyl (C=O) groups excluding carboxylic acids is 2. The molecule has 3 heterocycles. The summed E-state index contributed by atoms with van der Waals surface area (Å²) >= 11 is 0. The minimum Gasteiger partial charge on any atom is -0.363 e. The van der Waals surface area contributed by atoms with Crippen molar-refractivity contribution in [2.24, 2.45) is 17.6 Å². The molecular weight excluding hydrogens is 608 g/mol. The number of nitrogens with two attached hydrogens (primary N) is 1. The molecule has 2 saturated carbocycles. The maximum atomic E-state index is 14.0. The Labute approximate surface area is 244 Å². The minimum absolute atomic E-state index is 0.0193. The Balaban J connectivity index is 1.48. The third kappa shape index (κ3) is 7.61. The summed E-state index contributed by atoms with van der Waals surface area (Å²) in [4.78, 5) is 32.8. The summed E-state index contributed by atoms with van der Waals surface area (Å²) < 4.78 is 107. The SMILES string of the molecule is NC(=O)c1nc([C@H](c2cn3ncc([C@H](NC(=O)CCC(F)(F)F)C4CC4)cc3n2)C2CCC(F)(F)CC2)nn1CC(F)(F)F. The van der Waals surface area contributed by atoms with E-state index in [1.807, 2.05) is 0 Å². The van der Waals surface area contributed by atoms with Gasteiger partial charge in [-0.15, -0.1) is 0 Å². The largest absolute Gasteiger partial charge is 0.408 e. The smallest absolute Gasteiger partial charge is 0.363 e. The summed E-state index contributed by atoms with van der Waals surface area (Å²) in [5.41, 5.74) is 6.17. The lowest BCUT2D eigenvalue weighted by molar-refractivity contribution is -0.144. The van der Waals surface area contributed by atoms with E-state index in [-0.39, 0.29) is 35.9 Å². The molecule has 18 heteroatoms. The molecule has 240 valence electrons. The molecule has 5 rings (SSSR count). The van der Waals surface area contributed by atoms with Crippen LogP contribution in [0.1, 0.15) is 91.0 Å². The van der Waals surface area contributed by atoms with Crippen molar-refractivity contribution in [3.05, 3.63) is 41.4 Å². The van der Waals surface area contributed by atoms with Gasteiger partial charge in [0.25, 0.3) is 5.91 Å². The van der Waals surface area contributed by atoms with E-state index in [9.17, 15) is 44.7 Å². The van der Waals surface area contributed by atoms with Crippen molar-refractivity contribution < 1.29 is 44.7 Å². The van der Waals surface area contributed by atoms with Gasteiger partial charge in [0, 0.05) is 19.3 Å². The van der Waals surface area contributed by atoms with E-state index in [2.05, 4.69) is 25.5 Å². The zero-order chi connectivity index (χ0) is 32.0. The molecule has 0 spiro atoms. The number of fused-ring (bicyclic) bond motifs is 1. The second-order valence-electron chi connectivity index (χ2n) is 11.4. The molecule has 0 bridgehead atoms. The van der Waals surface area contributed by atoms with E-state index < -0.39 is 86.0 Å². The molecule has 0 saturated heterocycles. The van der Waals surface area contributed by atoms with Crippen LogP contribution in [0.3, 0.4) is 0 Å². The summed E-state index contributed by atoms with van der Waals surface area (Å²) in [7, 11) is 0. The summed E-state index contributed by atoms with van der Waals surface area (Å²) in [6.07, 6.45) is -7.94. The summed E-state index contributed by atoms with van der Waals surface area (Å²) in [5.74, 6) is -7.53. The molecule has 2 aliphatic rings. The summed E-state index contributed by atoms with van der Waals surface area (Å²) in [5, 5.41) is 10.9. The fraction of sp³-hybridized carbons (Fsp3) is 0.615. The molecule has 2 amide bonds. The standard InChI is InChI=1S/C26H28F8N8O2/c27-24(28)6-3-13(4-7-24)19(22-39-23(21(35)44)42(40-22)12-26(32,33)34)16-11-41-17(37-16)9-15(10-36-41)20(14-1-2-14)38-18(43)5-8-25(29,30)31/h9-11,13-14,19-20H,1-8,12H2,(H2,35,44)(H,38,43)/t19-,20+/m0/s1. The van der Waals surface area contributed by atoms with Crippen molar-refractivity contribution in [3.63, 3.8) is 0 Å². The highest BCUT2D eigenvalue weighted by Gasteiger charge is 2.42. The van der Waals surface area contributed by atoms with Crippen LogP contribution < -0.4 is 11.1 Å². The van der Waals surface area contributed by atoms with E-state index in [1.54, 1.807) is 6.07 Å². The van der Waals surface area contributed by atoms with Gasteiger partial charge in [-0.3, -0.25) is 9.59 Å². The number of hydrogen-bond donors (Lipinski definition) is 2. The Hall–Kier alpha value is -3.86. The molecule has 3 N–H and O–H groups in total. The Bertz CT molecular complexity index is 1520. The fourth-order valence-electron chi connectivity index (χ4n) is 5.57. The molecule has 3 aromatic heterocycles. The number of alkyl halides is 8. The van der Waals surface area contributed by atoms with E-state index in [1.165, 1.54) is 16.9 Å². The number of amides is 2. The molecule has 0 unspecified atom stereocenters. The predicted octanol–water partition coefficient (Wildman–Crippen LogP) is 4.85. The topological polar surface area (TPSA) is 133 Å². The monoisotopic (exact) mass is 636 g/mol. The van der Waals surface area contributed by atoms with Crippen LogP contribution in [-0.2, 0) is 11.3 Å². The molecule has 0 radical (unpaired) electrons. The van der Waals surface area contributed by atoms with Gasteiger partial charge < -0.3 is 11.1 Å². The number of hydrogen-bond acceptors (Lipinski definition) is 6. The molecule has 0 aromatic carbocycles. The lowest BCUT2D eigenvalue weighted by atomic mass is 9.77. The number of primary amides is 1. The van der Waals surface area contributed by atoms with Gasteiger partial charge in [0.1, 0.15) is 6.54 Å². The number of rotatable bonds is 10. The van der Waals surface area contributed by atoms with Crippen LogP contribution >= 0.6 is 0 Å². The normalized spacial score (nSPS) is 19.2. The van der Waals surface area contributed by atoms with Crippen molar-refractivity contribution in [1.82, 2.24) is 34.7 Å². The molecule has 2 aliphatic carbocycles. The second kappa shape index (κ2) is 11.6. The van der Waals surface area contributed by atoms with Gasteiger partial charge in [-0.05, 0) is 49.1 Å². The Morgan fingerprint density at radius 3 is 2.30 bits per heavy atom. The Morgan fingerprint density at radius 1 is 1.02 bits per heavy atom. The van der Waals surface area contributed by atoms with Gasteiger partial charge >= 0.3 is 12.4 Å². The van der Waals surface area contributed by atoms with E-state index in [0.717, 1.165) is 12.8 Å². The lowest BCUT2D eigenvalue weighted by Crippen LogP contribution is -2.30. The first kappa shape index (κ1) is 31.6. The number of nitrogens with zero attached hydrogens (tertiary/aromatic N) is 6. The van der Waals surface area contributed by atoms with Gasteiger partial charge in [-0.25, -0.2) is 27.9 Å². The first-order chi connectivity index (χ1) is 20.5. The lowest BCUT2D eigenvalue weighted by Gasteiger charge is -2.31. The highest BCUT2D eigenvalue weighted by molar-refractivity contribution is 5.89. The number of halogens is 8. The van der Waals surface area contributed by atoms with Gasteiger partial charge in [0.15, 0.2) is 11.5 Å². The highest BCUT2D eigenvalue weighted by atomic mass is 19.4. The van der Waals surface area contributed by atoms with Crippen LogP contribution in [0.15, 0.2) is 18.5 Å². The Kier molecular flexibility index (Phi) is 8.30. The van der Waals surface area contributed by atoms with Crippen LogP contribution in [0.4, 0.5) is 35.1 Å². The van der Waals surface area contributed by atoms with Crippen molar-refractivity contribution in [2.75, 3.05) is 0 Å². The molecule has 0 aliphatic heterocycles. The average molecular weight is 637 g/mol. The van der Waals surface area contributed by atoms with E-state index in [4.69, 9.17) is 5.73 Å². The van der Waals surface area contributed by atoms with Gasteiger partial charge in [0.2, 0.25) is 17.7 Å². The predicted molar refractivity (Wildman–Crippen MR) is 135 cm³/mol. The number of nitrogens with one attached hydrogen (secondary N) is 1. The van der Waals surface area contributed by atoms with Gasteiger partial charge in [-0.1, -0.05) is 0 Å². The molecule has 44 heavy (non-hydrogen) atoms. The fourth-order valence-corrected chi connectivity index (χ4v) is 5.57. The first-order valence-electron chi connectivity index (χ1n) is 13.9. The van der Waals surface area contributed by atoms with Crippen LogP contribution in [0.5, 0.6) is 0 Å². The van der Waals surface area contributed by atoms with E-state index in [0.29, 0.717) is 10.2 Å². The molecule has 3 aromatic rings. The Morgan fingerprint density at radius 2 is 1.70 bits per heavy atom. The number of imidazole rings is 1. The molecule has 2 atom stereocenters. The highest BCUT2D eigenvalue weighted by Crippen LogP contribution is 2.45. The average Bonchev–Trinajstić information content (AvgIpc) is 3.54. The maximum absolute atomic E-state index is 14.0. The number of aromatic nitrogens is 6. The van der Waals surface area contributed by atoms with Crippen LogP contribution in [0.2, 0.25) is 0 Å².